The van der Waals surface area contributed by atoms with E-state index in [1.807, 2.05) is 13.8 Å². The molecule has 10 aliphatic rings. The van der Waals surface area contributed by atoms with Crippen molar-refractivity contribution in [3.63, 3.8) is 0 Å². The van der Waals surface area contributed by atoms with E-state index in [0.717, 1.165) is 32.3 Å². The Kier molecular flexibility index (Phi) is 14.3. The number of cyclic esters (lactones) is 2. The van der Waals surface area contributed by atoms with Gasteiger partial charge in [0.1, 0.15) is 0 Å². The van der Waals surface area contributed by atoms with Crippen LogP contribution in [0.15, 0.2) is 0 Å². The number of hydrogen-bond donors (Lipinski definition) is 1. The molecule has 8 bridgehead atoms. The summed E-state index contributed by atoms with van der Waals surface area (Å²) in [4.78, 5) is 85.4. The molecule has 396 valence electrons. The van der Waals surface area contributed by atoms with E-state index >= 15 is 14.4 Å². The first-order chi connectivity index (χ1) is 33.6. The van der Waals surface area contributed by atoms with Gasteiger partial charge in [-0.15, -0.1) is 0 Å². The van der Waals surface area contributed by atoms with Crippen LogP contribution in [-0.2, 0) is 52.1 Å². The van der Waals surface area contributed by atoms with Gasteiger partial charge in [0.25, 0.3) is 0 Å². The summed E-state index contributed by atoms with van der Waals surface area (Å²) in [5.41, 5.74) is 5.03. The third-order valence-corrected chi connectivity index (χ3v) is 49.4. The maximum Gasteiger partial charge on any atom is 0.317 e. The van der Waals surface area contributed by atoms with E-state index in [9.17, 15) is 19.5 Å². The molecule has 71 heavy (non-hydrogen) atoms. The van der Waals surface area contributed by atoms with Gasteiger partial charge in [0, 0.05) is 33.0 Å². The molecule has 10 rings (SSSR count). The van der Waals surface area contributed by atoms with Crippen molar-refractivity contribution >= 4 is 70.5 Å². The predicted molar refractivity (Wildman–Crippen MR) is 278 cm³/mol. The molecule has 8 aliphatic carbocycles. The molecular formula is C55H88O12Si4. The Morgan fingerprint density at radius 3 is 1.94 bits per heavy atom. The van der Waals surface area contributed by atoms with Crippen molar-refractivity contribution in [1.82, 2.24) is 0 Å². The van der Waals surface area contributed by atoms with Gasteiger partial charge in [0.05, 0.1) is 55.3 Å². The minimum absolute atomic E-state index is 0.0401. The zero-order valence-corrected chi connectivity index (χ0v) is 49.3. The topological polar surface area (TPSA) is 169 Å². The second-order valence-electron chi connectivity index (χ2n) is 27.5. The zero-order chi connectivity index (χ0) is 50.9. The predicted octanol–water partition coefficient (Wildman–Crippen LogP) is 8.01. The van der Waals surface area contributed by atoms with Crippen LogP contribution in [0.5, 0.6) is 0 Å². The Bertz CT molecular complexity index is 2110. The largest absolute Gasteiger partial charge is 0.481 e. The third-order valence-electron chi connectivity index (χ3n) is 23.2. The van der Waals surface area contributed by atoms with E-state index in [1.54, 1.807) is 11.3 Å². The second kappa shape index (κ2) is 19.5. The Labute approximate surface area is 429 Å². The van der Waals surface area contributed by atoms with Crippen molar-refractivity contribution < 1.29 is 57.2 Å². The smallest absolute Gasteiger partial charge is 0.317 e. The molecule has 16 heteroatoms. The van der Waals surface area contributed by atoms with Crippen molar-refractivity contribution in [1.29, 1.82) is 0 Å². The monoisotopic (exact) mass is 1050 g/mol. The van der Waals surface area contributed by atoms with Gasteiger partial charge in [-0.25, -0.2) is 0 Å². The van der Waals surface area contributed by atoms with Crippen molar-refractivity contribution in [3.05, 3.63) is 0 Å². The number of aliphatic carboxylic acids is 1. The number of carbonyl (C=O) groups excluding carboxylic acids is 5. The maximum atomic E-state index is 15.1. The van der Waals surface area contributed by atoms with E-state index in [-0.39, 0.29) is 95.0 Å². The average molecular weight is 1050 g/mol. The Morgan fingerprint density at radius 2 is 1.34 bits per heavy atom. The molecule has 10 fully saturated rings. The molecule has 0 amide bonds. The lowest BCUT2D eigenvalue weighted by Gasteiger charge is -2.49. The van der Waals surface area contributed by atoms with Crippen LogP contribution in [0.4, 0.5) is 0 Å². The van der Waals surface area contributed by atoms with Crippen LogP contribution in [0, 0.1) is 136 Å². The van der Waals surface area contributed by atoms with Crippen molar-refractivity contribution in [2.24, 2.45) is 136 Å². The number of ether oxygens (including phenoxy) is 4. The molecule has 2 aliphatic heterocycles. The average Bonchev–Trinajstić information content (AvgIpc) is 4.17. The van der Waals surface area contributed by atoms with E-state index in [0.29, 0.717) is 49.4 Å². The van der Waals surface area contributed by atoms with Crippen molar-refractivity contribution in [2.45, 2.75) is 147 Å². The summed E-state index contributed by atoms with van der Waals surface area (Å²) in [6, 6.07) is 0. The van der Waals surface area contributed by atoms with E-state index in [1.165, 1.54) is 32.0 Å². The Balaban J connectivity index is 1.03. The van der Waals surface area contributed by atoms with Crippen LogP contribution in [0.2, 0.25) is 48.9 Å². The number of esters is 5. The highest BCUT2D eigenvalue weighted by Crippen LogP contribution is 2.72. The molecule has 0 spiro atoms. The normalized spacial score (nSPS) is 50.3. The first kappa shape index (κ1) is 52.3. The highest BCUT2D eigenvalue weighted by atomic mass is 28.4. The van der Waals surface area contributed by atoms with Crippen molar-refractivity contribution in [3.8, 4) is 0 Å². The van der Waals surface area contributed by atoms with Gasteiger partial charge in [-0.1, -0.05) is 44.8 Å². The lowest BCUT2D eigenvalue weighted by atomic mass is 9.53. The first-order valence-corrected chi connectivity index (χ1v) is 39.8. The van der Waals surface area contributed by atoms with Gasteiger partial charge in [0.15, 0.2) is 8.32 Å². The molecule has 12 nitrogen and oxygen atoms in total. The Hall–Kier alpha value is -2.15. The summed E-state index contributed by atoms with van der Waals surface area (Å²) >= 11 is 0. The van der Waals surface area contributed by atoms with Gasteiger partial charge in [0.2, 0.25) is 0 Å². The van der Waals surface area contributed by atoms with Crippen LogP contribution in [0.25, 0.3) is 0 Å². The number of rotatable bonds is 14. The van der Waals surface area contributed by atoms with Crippen LogP contribution in [0.3, 0.4) is 0 Å². The van der Waals surface area contributed by atoms with E-state index in [2.05, 4.69) is 47.0 Å². The quantitative estimate of drug-likeness (QED) is 0.0772. The van der Waals surface area contributed by atoms with Gasteiger partial charge < -0.3 is 28.5 Å². The number of fused-ring (bicyclic) bond motifs is 8. The highest BCUT2D eigenvalue weighted by molar-refractivity contribution is 6.98. The Morgan fingerprint density at radius 1 is 0.718 bits per heavy atom. The molecule has 8 saturated carbocycles. The van der Waals surface area contributed by atoms with Crippen LogP contribution in [0.1, 0.15) is 92.4 Å². The van der Waals surface area contributed by atoms with Crippen LogP contribution < -0.4 is 0 Å². The van der Waals surface area contributed by atoms with Gasteiger partial charge in [-0.3, -0.25) is 28.8 Å². The van der Waals surface area contributed by atoms with E-state index in [4.69, 9.17) is 23.4 Å². The second-order valence-corrected chi connectivity index (χ2v) is 44.4. The minimum Gasteiger partial charge on any atom is -0.481 e. The minimum atomic E-state index is -1.94. The van der Waals surface area contributed by atoms with Gasteiger partial charge in [-0.2, -0.15) is 0 Å². The number of carbonyl (C=O) groups is 6. The summed E-state index contributed by atoms with van der Waals surface area (Å²) in [6.07, 6.45) is 7.56. The molecule has 2 heterocycles. The molecule has 25 atom stereocenters. The van der Waals surface area contributed by atoms with Gasteiger partial charge in [-0.05, 0) is 197 Å². The van der Waals surface area contributed by atoms with Gasteiger partial charge >= 0.3 is 35.8 Å². The molecule has 25 unspecified atom stereocenters. The van der Waals surface area contributed by atoms with Crippen molar-refractivity contribution in [2.75, 3.05) is 20.8 Å². The van der Waals surface area contributed by atoms with Crippen LogP contribution >= 0.6 is 0 Å². The lowest BCUT2D eigenvalue weighted by molar-refractivity contribution is -0.169. The summed E-state index contributed by atoms with van der Waals surface area (Å²) in [7, 11) is -1.51. The summed E-state index contributed by atoms with van der Waals surface area (Å²) < 4.78 is 30.6. The summed E-state index contributed by atoms with van der Waals surface area (Å²) in [6.45, 7) is 21.6. The zero-order valence-electron chi connectivity index (χ0n) is 44.8. The third kappa shape index (κ3) is 8.70. The fourth-order valence-electron chi connectivity index (χ4n) is 21.7. The summed E-state index contributed by atoms with van der Waals surface area (Å²) in [5.74, 6) is -5.77. The number of carboxylic acids is 1. The maximum absolute atomic E-state index is 15.1. The number of carboxylic acid groups (broad SMARTS) is 1. The standard InChI is InChI=1S/C55H88O12Si4/c1-26(2)66-54(62)55(5,48-27(3)29-12-13-30(48)14-29)20-39-35-16-31(15-33(35)21-65-71(11)24-69(9)22-68(8)23-70(10)25-71)41(39)46-47(53(61)67-52(46)60)43-36-17-32(18-37(36)50(58)63-6)42(43)40-28(4)34-19-38(40)45(51(59)64-7)44(34)49(56)57/h26-48,68-70H,12-25H2,1-11H3,(H,56,57). The molecule has 0 radical (unpaired) electrons. The molecule has 2 saturated heterocycles. The van der Waals surface area contributed by atoms with E-state index < -0.39 is 93.6 Å². The number of hydrogen-bond acceptors (Lipinski definition) is 11. The molecule has 0 aromatic heterocycles. The SMILES string of the molecule is COC(=O)C1CC2CC1C(C1C(=O)OC(=O)C1C1C3CC(CO[Si]4(C)C[SiH](C)C[SiH](C)C[SiH](C)C4)C(C3)C1CC(C)(C(=O)OC(C)C)C1C3CCC(C3)C1C)C2C1C(C)C2CC1C(C(=O)OC)C2C(=O)O. The molecule has 1 N–H and O–H groups in total. The molecule has 0 aromatic rings. The highest BCUT2D eigenvalue weighted by Gasteiger charge is 2.72. The molecule has 0 aromatic carbocycles. The lowest BCUT2D eigenvalue weighted by Crippen LogP contribution is -2.52. The number of methoxy groups -OCH3 is 2. The molecular weight excluding hydrogens is 965 g/mol. The first-order valence-electron chi connectivity index (χ1n) is 28.6. The summed E-state index contributed by atoms with van der Waals surface area (Å²) in [5, 5.41) is 10.5. The van der Waals surface area contributed by atoms with Crippen LogP contribution in [-0.4, -0.2) is 103 Å². The fraction of sp³-hybridized carbons (Fsp3) is 0.891. The fourth-order valence-corrected chi connectivity index (χ4v) is 55.0.